The highest BCUT2D eigenvalue weighted by Crippen LogP contribution is 2.45. The summed E-state index contributed by atoms with van der Waals surface area (Å²) in [6.07, 6.45) is 2.66. The maximum atomic E-state index is 13.4. The number of carbonyl (C=O) groups is 3. The largest absolute Gasteiger partial charge is 0.480 e. The summed E-state index contributed by atoms with van der Waals surface area (Å²) in [5, 5.41) is 19.2. The van der Waals surface area contributed by atoms with E-state index in [0.29, 0.717) is 38.0 Å². The van der Waals surface area contributed by atoms with Crippen LogP contribution in [0.3, 0.4) is 0 Å². The summed E-state index contributed by atoms with van der Waals surface area (Å²) in [7, 11) is 0. The molecule has 34 heavy (non-hydrogen) atoms. The molecule has 0 unspecified atom stereocenters. The van der Waals surface area contributed by atoms with E-state index in [9.17, 15) is 24.6 Å². The Morgan fingerprint density at radius 2 is 1.74 bits per heavy atom. The summed E-state index contributed by atoms with van der Waals surface area (Å²) in [5.41, 5.74) is 1.86. The molecule has 0 spiro atoms. The minimum Gasteiger partial charge on any atom is -0.480 e. The highest BCUT2D eigenvalue weighted by atomic mass is 79.9. The standard InChI is InChI=1S/C25H26BrN3O5/c26-28(25(24(33)34)11-3-4-12-25)15-18-14-27(13-16-7-9-17(10-8-16)23(31)32)21-19-5-1-2-6-20(19)22(30)29(18)21/h1-2,5-10,18,21H,3-4,11-15H2,(H,31,32)(H,33,34)/t18-,21+/m0/s1. The van der Waals surface area contributed by atoms with Crippen LogP contribution < -0.4 is 0 Å². The van der Waals surface area contributed by atoms with E-state index in [0.717, 1.165) is 24.0 Å². The van der Waals surface area contributed by atoms with Gasteiger partial charge in [0.2, 0.25) is 0 Å². The summed E-state index contributed by atoms with van der Waals surface area (Å²) in [6, 6.07) is 14.2. The van der Waals surface area contributed by atoms with Gasteiger partial charge in [-0.2, -0.15) is 0 Å². The van der Waals surface area contributed by atoms with Gasteiger partial charge in [0.1, 0.15) is 11.7 Å². The number of benzene rings is 2. The number of hydrogen-bond acceptors (Lipinski definition) is 5. The van der Waals surface area contributed by atoms with E-state index >= 15 is 0 Å². The third-order valence-electron chi connectivity index (χ3n) is 7.40. The van der Waals surface area contributed by atoms with Gasteiger partial charge in [-0.3, -0.25) is 14.5 Å². The molecule has 2 fully saturated rings. The Balaban J connectivity index is 1.43. The molecule has 0 bridgehead atoms. The molecule has 0 aromatic heterocycles. The van der Waals surface area contributed by atoms with Crippen molar-refractivity contribution in [1.82, 2.24) is 13.7 Å². The smallest absolute Gasteiger partial charge is 0.335 e. The average Bonchev–Trinajstić information content (AvgIpc) is 3.52. The van der Waals surface area contributed by atoms with Gasteiger partial charge in [-0.25, -0.2) is 8.72 Å². The summed E-state index contributed by atoms with van der Waals surface area (Å²) in [5.74, 6) is -1.83. The highest BCUT2D eigenvalue weighted by Gasteiger charge is 2.52. The molecule has 8 nitrogen and oxygen atoms in total. The van der Waals surface area contributed by atoms with E-state index in [1.807, 2.05) is 29.2 Å². The monoisotopic (exact) mass is 527 g/mol. The predicted octanol–water partition coefficient (Wildman–Crippen LogP) is 3.73. The molecule has 2 aromatic rings. The SMILES string of the molecule is O=C(O)c1ccc(CN2C[C@@H](CN(Br)C3(C(=O)O)CCCC3)N3C(=O)c4ccccc4[C@H]23)cc1. The minimum atomic E-state index is -0.967. The molecule has 0 radical (unpaired) electrons. The van der Waals surface area contributed by atoms with Crippen molar-refractivity contribution in [2.24, 2.45) is 0 Å². The van der Waals surface area contributed by atoms with Crippen LogP contribution >= 0.6 is 16.1 Å². The molecule has 1 amide bonds. The fraction of sp³-hybridized carbons (Fsp3) is 0.400. The Hall–Kier alpha value is -2.75. The van der Waals surface area contributed by atoms with Crippen molar-refractivity contribution in [2.75, 3.05) is 13.1 Å². The lowest BCUT2D eigenvalue weighted by Gasteiger charge is -2.36. The molecule has 1 aliphatic carbocycles. The van der Waals surface area contributed by atoms with Crippen molar-refractivity contribution in [3.8, 4) is 0 Å². The van der Waals surface area contributed by atoms with Crippen molar-refractivity contribution in [1.29, 1.82) is 0 Å². The number of fused-ring (bicyclic) bond motifs is 3. The maximum absolute atomic E-state index is 13.4. The molecule has 2 heterocycles. The van der Waals surface area contributed by atoms with Gasteiger partial charge in [-0.15, -0.1) is 0 Å². The zero-order valence-electron chi connectivity index (χ0n) is 18.6. The predicted molar refractivity (Wildman–Crippen MR) is 127 cm³/mol. The number of nitrogens with zero attached hydrogens (tertiary/aromatic N) is 3. The van der Waals surface area contributed by atoms with Gasteiger partial charge in [-0.05, 0) is 36.6 Å². The summed E-state index contributed by atoms with van der Waals surface area (Å²) in [4.78, 5) is 40.9. The van der Waals surface area contributed by atoms with Gasteiger partial charge in [-0.1, -0.05) is 43.2 Å². The second kappa shape index (κ2) is 8.79. The molecule has 2 atom stereocenters. The fourth-order valence-corrected chi connectivity index (χ4v) is 6.52. The third-order valence-corrected chi connectivity index (χ3v) is 8.37. The van der Waals surface area contributed by atoms with E-state index in [2.05, 4.69) is 21.0 Å². The molecule has 3 aliphatic rings. The normalized spacial score (nSPS) is 23.4. The van der Waals surface area contributed by atoms with Gasteiger partial charge in [0, 0.05) is 46.9 Å². The van der Waals surface area contributed by atoms with Crippen LogP contribution in [0.4, 0.5) is 0 Å². The molecule has 178 valence electrons. The van der Waals surface area contributed by atoms with Gasteiger partial charge in [0.25, 0.3) is 5.91 Å². The summed E-state index contributed by atoms with van der Waals surface area (Å²) < 4.78 is 1.76. The molecule has 1 saturated carbocycles. The van der Waals surface area contributed by atoms with Gasteiger partial charge < -0.3 is 15.1 Å². The number of rotatable bonds is 7. The van der Waals surface area contributed by atoms with Crippen LogP contribution in [-0.2, 0) is 11.3 Å². The number of carboxylic acid groups (broad SMARTS) is 2. The molecule has 2 aromatic carbocycles. The highest BCUT2D eigenvalue weighted by molar-refractivity contribution is 9.07. The van der Waals surface area contributed by atoms with Crippen LogP contribution in [0.25, 0.3) is 0 Å². The van der Waals surface area contributed by atoms with Crippen LogP contribution in [0.5, 0.6) is 0 Å². The minimum absolute atomic E-state index is 0.0361. The van der Waals surface area contributed by atoms with Crippen LogP contribution in [0.15, 0.2) is 48.5 Å². The topological polar surface area (TPSA) is 101 Å². The average molecular weight is 528 g/mol. The van der Waals surface area contributed by atoms with Crippen molar-refractivity contribution < 1.29 is 24.6 Å². The first kappa shape index (κ1) is 23.0. The van der Waals surface area contributed by atoms with Crippen molar-refractivity contribution >= 4 is 34.0 Å². The molecular formula is C25H26BrN3O5. The lowest BCUT2D eigenvalue weighted by atomic mass is 9.97. The Labute approximate surface area is 206 Å². The second-order valence-electron chi connectivity index (χ2n) is 9.35. The zero-order chi connectivity index (χ0) is 24.0. The van der Waals surface area contributed by atoms with E-state index < -0.39 is 17.5 Å². The first-order valence-electron chi connectivity index (χ1n) is 11.5. The number of aliphatic carboxylic acids is 1. The number of hydrogen-bond donors (Lipinski definition) is 2. The van der Waals surface area contributed by atoms with Crippen LogP contribution in [0.2, 0.25) is 0 Å². The number of carbonyl (C=O) groups excluding carboxylic acids is 1. The van der Waals surface area contributed by atoms with Crippen molar-refractivity contribution in [2.45, 2.75) is 50.0 Å². The fourth-order valence-electron chi connectivity index (χ4n) is 5.68. The first-order valence-corrected chi connectivity index (χ1v) is 12.2. The van der Waals surface area contributed by atoms with Gasteiger partial charge in [0.05, 0.1) is 11.6 Å². The summed E-state index contributed by atoms with van der Waals surface area (Å²) in [6.45, 7) is 1.53. The lowest BCUT2D eigenvalue weighted by Crippen LogP contribution is -2.52. The second-order valence-corrected chi connectivity index (χ2v) is 10.2. The van der Waals surface area contributed by atoms with E-state index in [1.54, 1.807) is 28.2 Å². The Kier molecular flexibility index (Phi) is 5.95. The van der Waals surface area contributed by atoms with Crippen molar-refractivity contribution in [3.05, 3.63) is 70.8 Å². The molecule has 2 N–H and O–H groups in total. The van der Waals surface area contributed by atoms with Gasteiger partial charge in [0.15, 0.2) is 0 Å². The first-order chi connectivity index (χ1) is 16.3. The van der Waals surface area contributed by atoms with Crippen molar-refractivity contribution in [3.63, 3.8) is 0 Å². The zero-order valence-corrected chi connectivity index (χ0v) is 20.1. The molecule has 5 rings (SSSR count). The molecule has 2 aliphatic heterocycles. The third kappa shape index (κ3) is 3.72. The quantitative estimate of drug-likeness (QED) is 0.529. The van der Waals surface area contributed by atoms with Gasteiger partial charge >= 0.3 is 11.9 Å². The number of amides is 1. The van der Waals surface area contributed by atoms with E-state index in [4.69, 9.17) is 0 Å². The molecular weight excluding hydrogens is 502 g/mol. The summed E-state index contributed by atoms with van der Waals surface area (Å²) >= 11 is 3.57. The van der Waals surface area contributed by atoms with Crippen LogP contribution in [-0.4, -0.2) is 66.5 Å². The van der Waals surface area contributed by atoms with Crippen LogP contribution in [0, 0.1) is 0 Å². The number of carboxylic acids is 2. The number of halogens is 1. The Bertz CT molecular complexity index is 1130. The van der Waals surface area contributed by atoms with E-state index in [1.165, 1.54) is 0 Å². The Morgan fingerprint density at radius 3 is 2.38 bits per heavy atom. The van der Waals surface area contributed by atoms with Crippen LogP contribution in [0.1, 0.15) is 63.7 Å². The molecule has 1 saturated heterocycles. The van der Waals surface area contributed by atoms with E-state index in [-0.39, 0.29) is 23.7 Å². The maximum Gasteiger partial charge on any atom is 0.335 e. The Morgan fingerprint density at radius 1 is 1.06 bits per heavy atom. The lowest BCUT2D eigenvalue weighted by molar-refractivity contribution is -0.147. The molecule has 9 heteroatoms. The number of aromatic carboxylic acids is 1.